The maximum atomic E-state index is 11.7. The van der Waals surface area contributed by atoms with Gasteiger partial charge in [0.1, 0.15) is 5.69 Å². The number of hydrogen-bond acceptors (Lipinski definition) is 6. The zero-order chi connectivity index (χ0) is 13.5. The molecule has 1 amide bonds. The minimum absolute atomic E-state index is 0.0964. The standard InChI is InChI=1S/C10H15N3O4S/c1-17-4-6(10(15)16)13-9(14)7-5-18-8(12-7)2-3-11/h5-6H,2-4,11H2,1H3,(H,13,14)(H,15,16). The van der Waals surface area contributed by atoms with Gasteiger partial charge in [0.25, 0.3) is 5.91 Å². The molecule has 0 fully saturated rings. The van der Waals surface area contributed by atoms with Crippen molar-refractivity contribution in [1.29, 1.82) is 0 Å². The van der Waals surface area contributed by atoms with Crippen LogP contribution in [0.15, 0.2) is 5.38 Å². The first-order chi connectivity index (χ1) is 8.58. The molecule has 0 aliphatic rings. The van der Waals surface area contributed by atoms with Gasteiger partial charge in [0.2, 0.25) is 0 Å². The van der Waals surface area contributed by atoms with Gasteiger partial charge < -0.3 is 20.9 Å². The third kappa shape index (κ3) is 4.06. The van der Waals surface area contributed by atoms with Crippen LogP contribution < -0.4 is 11.1 Å². The van der Waals surface area contributed by atoms with Gasteiger partial charge in [0, 0.05) is 18.9 Å². The monoisotopic (exact) mass is 273 g/mol. The van der Waals surface area contributed by atoms with E-state index in [1.165, 1.54) is 18.4 Å². The van der Waals surface area contributed by atoms with Crippen LogP contribution in [-0.4, -0.2) is 48.3 Å². The number of rotatable bonds is 7. The van der Waals surface area contributed by atoms with E-state index in [1.807, 2.05) is 0 Å². The summed E-state index contributed by atoms with van der Waals surface area (Å²) in [5.41, 5.74) is 5.58. The van der Waals surface area contributed by atoms with Crippen LogP contribution in [0.3, 0.4) is 0 Å². The molecule has 0 saturated heterocycles. The summed E-state index contributed by atoms with van der Waals surface area (Å²) in [5, 5.41) is 13.5. The molecule has 1 aromatic rings. The molecule has 0 aromatic carbocycles. The fourth-order valence-electron chi connectivity index (χ4n) is 1.23. The summed E-state index contributed by atoms with van der Waals surface area (Å²) in [5.74, 6) is -1.68. The van der Waals surface area contributed by atoms with Crippen molar-refractivity contribution in [3.63, 3.8) is 0 Å². The molecular weight excluding hydrogens is 258 g/mol. The number of aliphatic carboxylic acids is 1. The highest BCUT2D eigenvalue weighted by molar-refractivity contribution is 7.09. The predicted octanol–water partition coefficient (Wildman–Crippen LogP) is -0.526. The van der Waals surface area contributed by atoms with Crippen molar-refractivity contribution in [2.75, 3.05) is 20.3 Å². The van der Waals surface area contributed by atoms with E-state index in [2.05, 4.69) is 10.3 Å². The number of amides is 1. The first kappa shape index (κ1) is 14.6. The van der Waals surface area contributed by atoms with Crippen LogP contribution in [0.5, 0.6) is 0 Å². The average molecular weight is 273 g/mol. The second-order valence-corrected chi connectivity index (χ2v) is 4.43. The lowest BCUT2D eigenvalue weighted by Crippen LogP contribution is -2.43. The minimum atomic E-state index is -1.15. The molecule has 1 unspecified atom stereocenters. The van der Waals surface area contributed by atoms with Crippen LogP contribution in [0.4, 0.5) is 0 Å². The van der Waals surface area contributed by atoms with Crippen molar-refractivity contribution < 1.29 is 19.4 Å². The van der Waals surface area contributed by atoms with Gasteiger partial charge in [0.15, 0.2) is 6.04 Å². The summed E-state index contributed by atoms with van der Waals surface area (Å²) in [6, 6.07) is -1.08. The van der Waals surface area contributed by atoms with Gasteiger partial charge in [-0.3, -0.25) is 4.79 Å². The zero-order valence-corrected chi connectivity index (χ0v) is 10.7. The summed E-state index contributed by atoms with van der Waals surface area (Å²) >= 11 is 1.32. The van der Waals surface area contributed by atoms with Crippen LogP contribution >= 0.6 is 11.3 Å². The van der Waals surface area contributed by atoms with Crippen LogP contribution in [0, 0.1) is 0 Å². The number of carboxylic acid groups (broad SMARTS) is 1. The Labute approximate surface area is 108 Å². The molecule has 1 heterocycles. The molecule has 0 radical (unpaired) electrons. The molecule has 7 nitrogen and oxygen atoms in total. The fourth-order valence-corrected chi connectivity index (χ4v) is 2.02. The molecule has 1 atom stereocenters. The van der Waals surface area contributed by atoms with Crippen molar-refractivity contribution in [1.82, 2.24) is 10.3 Å². The highest BCUT2D eigenvalue weighted by atomic mass is 32.1. The summed E-state index contributed by atoms with van der Waals surface area (Å²) in [6.45, 7) is 0.358. The molecule has 100 valence electrons. The Kier molecular flexibility index (Phi) is 5.69. The number of methoxy groups -OCH3 is 1. The van der Waals surface area contributed by atoms with E-state index in [1.54, 1.807) is 5.38 Å². The molecule has 18 heavy (non-hydrogen) atoms. The van der Waals surface area contributed by atoms with Crippen molar-refractivity contribution in [2.24, 2.45) is 5.73 Å². The number of aromatic nitrogens is 1. The number of thiazole rings is 1. The Morgan fingerprint density at radius 3 is 2.94 bits per heavy atom. The molecule has 1 rings (SSSR count). The Balaban J connectivity index is 2.64. The van der Waals surface area contributed by atoms with E-state index in [0.29, 0.717) is 13.0 Å². The first-order valence-corrected chi connectivity index (χ1v) is 6.13. The van der Waals surface area contributed by atoms with E-state index < -0.39 is 17.9 Å². The van der Waals surface area contributed by atoms with Gasteiger partial charge in [0.05, 0.1) is 11.6 Å². The Morgan fingerprint density at radius 1 is 1.67 bits per heavy atom. The fraction of sp³-hybridized carbons (Fsp3) is 0.500. The van der Waals surface area contributed by atoms with Crippen LogP contribution in [0.2, 0.25) is 0 Å². The maximum Gasteiger partial charge on any atom is 0.328 e. The minimum Gasteiger partial charge on any atom is -0.480 e. The number of hydrogen-bond donors (Lipinski definition) is 3. The highest BCUT2D eigenvalue weighted by Crippen LogP contribution is 2.10. The number of nitrogens with one attached hydrogen (secondary N) is 1. The van der Waals surface area contributed by atoms with Gasteiger partial charge in [-0.25, -0.2) is 9.78 Å². The van der Waals surface area contributed by atoms with Crippen LogP contribution in [-0.2, 0) is 16.0 Å². The Hall–Kier alpha value is -1.51. The summed E-state index contributed by atoms with van der Waals surface area (Å²) in [6.07, 6.45) is 0.596. The second kappa shape index (κ2) is 7.04. The number of carbonyl (C=O) groups excluding carboxylic acids is 1. The number of nitrogens with two attached hydrogens (primary N) is 1. The molecule has 4 N–H and O–H groups in total. The second-order valence-electron chi connectivity index (χ2n) is 3.48. The molecule has 0 aliphatic heterocycles. The zero-order valence-electron chi connectivity index (χ0n) is 9.88. The number of nitrogens with zero attached hydrogens (tertiary/aromatic N) is 1. The van der Waals surface area contributed by atoms with Crippen LogP contribution in [0.25, 0.3) is 0 Å². The number of carboxylic acids is 1. The Morgan fingerprint density at radius 2 is 2.39 bits per heavy atom. The Bertz CT molecular complexity index is 421. The highest BCUT2D eigenvalue weighted by Gasteiger charge is 2.21. The molecule has 0 spiro atoms. The van der Waals surface area contributed by atoms with Gasteiger partial charge in [-0.15, -0.1) is 11.3 Å². The predicted molar refractivity (Wildman–Crippen MR) is 65.6 cm³/mol. The van der Waals surface area contributed by atoms with Crippen LogP contribution in [0.1, 0.15) is 15.5 Å². The summed E-state index contributed by atoms with van der Waals surface area (Å²) in [7, 11) is 1.37. The van der Waals surface area contributed by atoms with E-state index >= 15 is 0 Å². The summed E-state index contributed by atoms with van der Waals surface area (Å²) in [4.78, 5) is 26.6. The third-order valence-corrected chi connectivity index (χ3v) is 2.99. The van der Waals surface area contributed by atoms with Crippen molar-refractivity contribution in [3.8, 4) is 0 Å². The largest absolute Gasteiger partial charge is 0.480 e. The normalized spacial score (nSPS) is 12.1. The lowest BCUT2D eigenvalue weighted by atomic mass is 10.3. The molecule has 1 aromatic heterocycles. The first-order valence-electron chi connectivity index (χ1n) is 5.25. The average Bonchev–Trinajstić information content (AvgIpc) is 2.77. The van der Waals surface area contributed by atoms with Gasteiger partial charge in [-0.05, 0) is 6.54 Å². The summed E-state index contributed by atoms with van der Waals surface area (Å²) < 4.78 is 4.72. The van der Waals surface area contributed by atoms with Crippen molar-refractivity contribution >= 4 is 23.2 Å². The smallest absolute Gasteiger partial charge is 0.328 e. The molecule has 0 aliphatic carbocycles. The topological polar surface area (TPSA) is 115 Å². The van der Waals surface area contributed by atoms with Gasteiger partial charge in [-0.1, -0.05) is 0 Å². The van der Waals surface area contributed by atoms with E-state index in [-0.39, 0.29) is 12.3 Å². The number of carbonyl (C=O) groups is 2. The van der Waals surface area contributed by atoms with Gasteiger partial charge in [-0.2, -0.15) is 0 Å². The lowest BCUT2D eigenvalue weighted by Gasteiger charge is -2.12. The quantitative estimate of drug-likeness (QED) is 0.615. The maximum absolute atomic E-state index is 11.7. The van der Waals surface area contributed by atoms with Crippen molar-refractivity contribution in [3.05, 3.63) is 16.1 Å². The van der Waals surface area contributed by atoms with E-state index in [0.717, 1.165) is 5.01 Å². The molecule has 0 saturated carbocycles. The lowest BCUT2D eigenvalue weighted by molar-refractivity contribution is -0.140. The van der Waals surface area contributed by atoms with Gasteiger partial charge >= 0.3 is 5.97 Å². The van der Waals surface area contributed by atoms with E-state index in [4.69, 9.17) is 15.6 Å². The third-order valence-electron chi connectivity index (χ3n) is 2.08. The van der Waals surface area contributed by atoms with E-state index in [9.17, 15) is 9.59 Å². The number of ether oxygens (including phenoxy) is 1. The molecular formula is C10H15N3O4S. The molecule has 0 bridgehead atoms. The SMILES string of the molecule is COCC(NC(=O)c1csc(CCN)n1)C(=O)O. The molecule has 8 heteroatoms. The van der Waals surface area contributed by atoms with Crippen molar-refractivity contribution in [2.45, 2.75) is 12.5 Å².